The summed E-state index contributed by atoms with van der Waals surface area (Å²) in [5.74, 6) is 1.58. The van der Waals surface area contributed by atoms with Crippen LogP contribution in [0.4, 0.5) is 5.95 Å². The molecule has 0 aliphatic carbocycles. The molecule has 2 rings (SSSR count). The zero-order valence-electron chi connectivity index (χ0n) is 9.75. The quantitative estimate of drug-likeness (QED) is 0.780. The van der Waals surface area contributed by atoms with Gasteiger partial charge in [-0.3, -0.25) is 4.98 Å². The molecule has 2 aromatic rings. The molecule has 0 aromatic carbocycles. The molecule has 0 spiro atoms. The molecule has 0 fully saturated rings. The Morgan fingerprint density at radius 2 is 2.19 bits per heavy atom. The molecule has 0 aliphatic heterocycles. The van der Waals surface area contributed by atoms with Crippen LogP contribution in [0.1, 0.15) is 6.92 Å². The highest BCUT2D eigenvalue weighted by Gasteiger charge is 2.11. The number of aryl methyl sites for hydroxylation is 1. The Balaban J connectivity index is 2.44. The standard InChI is InChI=1S/C11H15N5/c1-4-16-11(15(2)3)13-10(14-16)9-6-5-7-12-8-9/h5-8H,4H2,1-3H3. The monoisotopic (exact) mass is 217 g/mol. The van der Waals surface area contributed by atoms with Gasteiger partial charge in [-0.2, -0.15) is 4.98 Å². The molecule has 2 aromatic heterocycles. The highest BCUT2D eigenvalue weighted by molar-refractivity contribution is 5.54. The van der Waals surface area contributed by atoms with Gasteiger partial charge < -0.3 is 4.90 Å². The third-order valence-corrected chi connectivity index (χ3v) is 2.27. The van der Waals surface area contributed by atoms with Gasteiger partial charge in [-0.05, 0) is 19.1 Å². The van der Waals surface area contributed by atoms with Crippen molar-refractivity contribution >= 4 is 5.95 Å². The summed E-state index contributed by atoms with van der Waals surface area (Å²) in [5, 5.41) is 4.44. The molecular formula is C11H15N5. The summed E-state index contributed by atoms with van der Waals surface area (Å²) < 4.78 is 1.88. The van der Waals surface area contributed by atoms with Crippen LogP contribution >= 0.6 is 0 Å². The number of nitrogens with zero attached hydrogens (tertiary/aromatic N) is 5. The first-order valence-electron chi connectivity index (χ1n) is 5.25. The fraction of sp³-hybridized carbons (Fsp3) is 0.364. The predicted octanol–water partition coefficient (Wildman–Crippen LogP) is 1.43. The average molecular weight is 217 g/mol. The summed E-state index contributed by atoms with van der Waals surface area (Å²) in [7, 11) is 3.92. The van der Waals surface area contributed by atoms with Gasteiger partial charge in [0.1, 0.15) is 0 Å². The number of hydrogen-bond donors (Lipinski definition) is 0. The van der Waals surface area contributed by atoms with Crippen molar-refractivity contribution in [3.05, 3.63) is 24.5 Å². The molecule has 0 amide bonds. The van der Waals surface area contributed by atoms with Gasteiger partial charge in [0.2, 0.25) is 5.95 Å². The second kappa shape index (κ2) is 4.30. The van der Waals surface area contributed by atoms with Crippen molar-refractivity contribution < 1.29 is 0 Å². The average Bonchev–Trinajstić information content (AvgIpc) is 2.74. The van der Waals surface area contributed by atoms with Crippen LogP contribution in [0.2, 0.25) is 0 Å². The SMILES string of the molecule is CCn1nc(-c2cccnc2)nc1N(C)C. The first-order valence-corrected chi connectivity index (χ1v) is 5.25. The highest BCUT2D eigenvalue weighted by atomic mass is 15.4. The van der Waals surface area contributed by atoms with E-state index in [0.29, 0.717) is 0 Å². The van der Waals surface area contributed by atoms with Gasteiger partial charge in [-0.1, -0.05) is 0 Å². The second-order valence-electron chi connectivity index (χ2n) is 3.69. The molecule has 0 saturated carbocycles. The van der Waals surface area contributed by atoms with Gasteiger partial charge in [0.05, 0.1) is 0 Å². The van der Waals surface area contributed by atoms with Crippen LogP contribution in [0.3, 0.4) is 0 Å². The Hall–Kier alpha value is -1.91. The van der Waals surface area contributed by atoms with Crippen LogP contribution in [-0.4, -0.2) is 33.8 Å². The fourth-order valence-electron chi connectivity index (χ4n) is 1.49. The van der Waals surface area contributed by atoms with Crippen LogP contribution in [0, 0.1) is 0 Å². The van der Waals surface area contributed by atoms with Gasteiger partial charge in [0, 0.05) is 38.6 Å². The van der Waals surface area contributed by atoms with Crippen molar-refractivity contribution in [3.8, 4) is 11.4 Å². The number of rotatable bonds is 3. The first-order chi connectivity index (χ1) is 7.72. The van der Waals surface area contributed by atoms with Crippen LogP contribution in [-0.2, 0) is 6.54 Å². The minimum atomic E-state index is 0.721. The highest BCUT2D eigenvalue weighted by Crippen LogP contribution is 2.17. The van der Waals surface area contributed by atoms with Crippen LogP contribution in [0.25, 0.3) is 11.4 Å². The van der Waals surface area contributed by atoms with Crippen molar-refractivity contribution in [2.75, 3.05) is 19.0 Å². The molecule has 2 heterocycles. The normalized spacial score (nSPS) is 10.4. The van der Waals surface area contributed by atoms with E-state index in [1.54, 1.807) is 12.4 Å². The van der Waals surface area contributed by atoms with E-state index in [1.165, 1.54) is 0 Å². The number of aromatic nitrogens is 4. The Kier molecular flexibility index (Phi) is 2.85. The summed E-state index contributed by atoms with van der Waals surface area (Å²) in [6.07, 6.45) is 3.52. The van der Waals surface area contributed by atoms with Gasteiger partial charge >= 0.3 is 0 Å². The fourth-order valence-corrected chi connectivity index (χ4v) is 1.49. The lowest BCUT2D eigenvalue weighted by Gasteiger charge is -2.10. The smallest absolute Gasteiger partial charge is 0.223 e. The molecule has 84 valence electrons. The summed E-state index contributed by atoms with van der Waals surface area (Å²) in [5.41, 5.74) is 0.942. The Morgan fingerprint density at radius 3 is 2.69 bits per heavy atom. The minimum Gasteiger partial charge on any atom is -0.347 e. The zero-order chi connectivity index (χ0) is 11.5. The minimum absolute atomic E-state index is 0.721. The number of hydrogen-bond acceptors (Lipinski definition) is 4. The molecule has 0 saturated heterocycles. The van der Waals surface area contributed by atoms with Crippen LogP contribution < -0.4 is 4.90 Å². The van der Waals surface area contributed by atoms with E-state index in [4.69, 9.17) is 0 Å². The van der Waals surface area contributed by atoms with E-state index >= 15 is 0 Å². The van der Waals surface area contributed by atoms with Gasteiger partial charge in [-0.25, -0.2) is 4.68 Å². The third-order valence-electron chi connectivity index (χ3n) is 2.27. The summed E-state index contributed by atoms with van der Waals surface area (Å²) in [4.78, 5) is 10.5. The van der Waals surface area contributed by atoms with Crippen molar-refractivity contribution in [1.82, 2.24) is 19.7 Å². The zero-order valence-corrected chi connectivity index (χ0v) is 9.75. The molecule has 5 heteroatoms. The van der Waals surface area contributed by atoms with Crippen molar-refractivity contribution in [3.63, 3.8) is 0 Å². The number of pyridine rings is 1. The first kappa shape index (κ1) is 10.6. The molecule has 0 radical (unpaired) electrons. The van der Waals surface area contributed by atoms with Gasteiger partial charge in [-0.15, -0.1) is 5.10 Å². The largest absolute Gasteiger partial charge is 0.347 e. The van der Waals surface area contributed by atoms with Gasteiger partial charge in [0.25, 0.3) is 0 Å². The maximum absolute atomic E-state index is 4.49. The molecule has 5 nitrogen and oxygen atoms in total. The van der Waals surface area contributed by atoms with E-state index in [0.717, 1.165) is 23.9 Å². The molecule has 0 unspecified atom stereocenters. The van der Waals surface area contributed by atoms with Crippen molar-refractivity contribution in [2.24, 2.45) is 0 Å². The molecule has 16 heavy (non-hydrogen) atoms. The van der Waals surface area contributed by atoms with Gasteiger partial charge in [0.15, 0.2) is 5.82 Å². The molecule has 0 atom stereocenters. The van der Waals surface area contributed by atoms with E-state index < -0.39 is 0 Å². The Labute approximate surface area is 94.8 Å². The van der Waals surface area contributed by atoms with Crippen molar-refractivity contribution in [2.45, 2.75) is 13.5 Å². The lowest BCUT2D eigenvalue weighted by atomic mass is 10.3. The maximum atomic E-state index is 4.49. The second-order valence-corrected chi connectivity index (χ2v) is 3.69. The van der Waals surface area contributed by atoms with Crippen molar-refractivity contribution in [1.29, 1.82) is 0 Å². The Morgan fingerprint density at radius 1 is 1.38 bits per heavy atom. The van der Waals surface area contributed by atoms with E-state index in [9.17, 15) is 0 Å². The van der Waals surface area contributed by atoms with E-state index in [2.05, 4.69) is 22.0 Å². The van der Waals surface area contributed by atoms with E-state index in [-0.39, 0.29) is 0 Å². The molecule has 0 bridgehead atoms. The Bertz CT molecular complexity index is 460. The lowest BCUT2D eigenvalue weighted by Crippen LogP contribution is -2.15. The predicted molar refractivity (Wildman–Crippen MR) is 63.3 cm³/mol. The number of anilines is 1. The van der Waals surface area contributed by atoms with Crippen LogP contribution in [0.5, 0.6) is 0 Å². The van der Waals surface area contributed by atoms with E-state index in [1.807, 2.05) is 35.8 Å². The summed E-state index contributed by atoms with van der Waals surface area (Å²) >= 11 is 0. The maximum Gasteiger partial charge on any atom is 0.223 e. The van der Waals surface area contributed by atoms with Crippen LogP contribution in [0.15, 0.2) is 24.5 Å². The summed E-state index contributed by atoms with van der Waals surface area (Å²) in [6, 6.07) is 3.85. The molecule has 0 N–H and O–H groups in total. The lowest BCUT2D eigenvalue weighted by molar-refractivity contribution is 0.654. The molecule has 0 aliphatic rings. The summed E-state index contributed by atoms with van der Waals surface area (Å²) in [6.45, 7) is 2.86. The molecular weight excluding hydrogens is 202 g/mol. The topological polar surface area (TPSA) is 46.8 Å². The third kappa shape index (κ3) is 1.88.